The fourth-order valence-corrected chi connectivity index (χ4v) is 2.03. The van der Waals surface area contributed by atoms with E-state index in [0.717, 1.165) is 12.0 Å². The summed E-state index contributed by atoms with van der Waals surface area (Å²) in [5.74, 6) is 0.439. The van der Waals surface area contributed by atoms with E-state index in [0.29, 0.717) is 11.3 Å². The van der Waals surface area contributed by atoms with E-state index in [9.17, 15) is 9.90 Å². The lowest BCUT2D eigenvalue weighted by Crippen LogP contribution is -2.04. The SMILES string of the molecule is COc1ccc([C@H](CC=O)c2ccccn2)c(O)c1. The maximum absolute atomic E-state index is 10.9. The normalized spacial score (nSPS) is 11.8. The molecule has 0 bridgehead atoms. The second kappa shape index (κ2) is 6.00. The van der Waals surface area contributed by atoms with E-state index >= 15 is 0 Å². The Bertz CT molecular complexity index is 555. The largest absolute Gasteiger partial charge is 0.508 e. The van der Waals surface area contributed by atoms with E-state index in [1.165, 1.54) is 13.2 Å². The Hall–Kier alpha value is -2.36. The zero-order valence-corrected chi connectivity index (χ0v) is 10.6. The van der Waals surface area contributed by atoms with Crippen molar-refractivity contribution in [2.75, 3.05) is 7.11 Å². The molecule has 0 amide bonds. The van der Waals surface area contributed by atoms with Gasteiger partial charge in [-0.05, 0) is 18.2 Å². The molecule has 2 rings (SSSR count). The van der Waals surface area contributed by atoms with Gasteiger partial charge in [-0.3, -0.25) is 4.98 Å². The highest BCUT2D eigenvalue weighted by molar-refractivity contribution is 5.55. The van der Waals surface area contributed by atoms with E-state index in [2.05, 4.69) is 4.98 Å². The van der Waals surface area contributed by atoms with Crippen LogP contribution < -0.4 is 4.74 Å². The second-order valence-corrected chi connectivity index (χ2v) is 4.13. The molecule has 4 nitrogen and oxygen atoms in total. The number of carbonyl (C=O) groups is 1. The first-order valence-electron chi connectivity index (χ1n) is 5.97. The fraction of sp³-hybridized carbons (Fsp3) is 0.200. The van der Waals surface area contributed by atoms with Crippen molar-refractivity contribution in [3.8, 4) is 11.5 Å². The fourth-order valence-electron chi connectivity index (χ4n) is 2.03. The van der Waals surface area contributed by atoms with Gasteiger partial charge in [0.25, 0.3) is 0 Å². The van der Waals surface area contributed by atoms with Crippen molar-refractivity contribution in [3.63, 3.8) is 0 Å². The van der Waals surface area contributed by atoms with Crippen molar-refractivity contribution in [1.82, 2.24) is 4.98 Å². The highest BCUT2D eigenvalue weighted by Gasteiger charge is 2.18. The highest BCUT2D eigenvalue weighted by Crippen LogP contribution is 2.34. The predicted molar refractivity (Wildman–Crippen MR) is 71.4 cm³/mol. The summed E-state index contributed by atoms with van der Waals surface area (Å²) in [5.41, 5.74) is 1.43. The number of phenols is 1. The van der Waals surface area contributed by atoms with E-state index in [4.69, 9.17) is 4.74 Å². The van der Waals surface area contributed by atoms with Crippen molar-refractivity contribution in [2.45, 2.75) is 12.3 Å². The van der Waals surface area contributed by atoms with Crippen LogP contribution in [-0.4, -0.2) is 23.5 Å². The van der Waals surface area contributed by atoms with E-state index in [1.807, 2.05) is 18.2 Å². The van der Waals surface area contributed by atoms with Gasteiger partial charge in [-0.25, -0.2) is 0 Å². The van der Waals surface area contributed by atoms with Crippen LogP contribution in [0.5, 0.6) is 11.5 Å². The van der Waals surface area contributed by atoms with Crippen molar-refractivity contribution in [2.24, 2.45) is 0 Å². The van der Waals surface area contributed by atoms with Crippen LogP contribution in [-0.2, 0) is 4.79 Å². The molecule has 4 heteroatoms. The molecule has 2 aromatic rings. The van der Waals surface area contributed by atoms with Crippen LogP contribution in [0.25, 0.3) is 0 Å². The molecule has 0 spiro atoms. The molecule has 1 aromatic heterocycles. The number of nitrogens with zero attached hydrogens (tertiary/aromatic N) is 1. The van der Waals surface area contributed by atoms with Crippen LogP contribution >= 0.6 is 0 Å². The summed E-state index contributed by atoms with van der Waals surface area (Å²) in [6.07, 6.45) is 2.79. The van der Waals surface area contributed by atoms with Gasteiger partial charge in [-0.15, -0.1) is 0 Å². The van der Waals surface area contributed by atoms with Gasteiger partial charge in [0, 0.05) is 35.9 Å². The van der Waals surface area contributed by atoms with Crippen LogP contribution in [0, 0.1) is 0 Å². The maximum atomic E-state index is 10.9. The molecule has 0 saturated heterocycles. The molecule has 0 radical (unpaired) electrons. The standard InChI is InChI=1S/C15H15NO3/c1-19-11-5-6-13(15(18)10-11)12(7-9-17)14-4-2-3-8-16-14/h2-6,8-10,12,18H,7H2,1H3/t12-/m0/s1. The minimum atomic E-state index is -0.246. The van der Waals surface area contributed by atoms with E-state index in [-0.39, 0.29) is 18.1 Å². The van der Waals surface area contributed by atoms with Gasteiger partial charge in [0.05, 0.1) is 7.11 Å². The Balaban J connectivity index is 2.42. The number of ether oxygens (including phenoxy) is 1. The molecular formula is C15H15NO3. The van der Waals surface area contributed by atoms with Gasteiger partial charge in [-0.1, -0.05) is 12.1 Å². The molecule has 0 aliphatic carbocycles. The number of hydrogen-bond acceptors (Lipinski definition) is 4. The molecule has 0 unspecified atom stereocenters. The summed E-state index contributed by atoms with van der Waals surface area (Å²) >= 11 is 0. The second-order valence-electron chi connectivity index (χ2n) is 4.13. The van der Waals surface area contributed by atoms with E-state index in [1.54, 1.807) is 18.3 Å². The minimum absolute atomic E-state index is 0.108. The lowest BCUT2D eigenvalue weighted by Gasteiger charge is -2.16. The Morgan fingerprint density at radius 1 is 1.37 bits per heavy atom. The van der Waals surface area contributed by atoms with Crippen LogP contribution in [0.15, 0.2) is 42.6 Å². The zero-order valence-electron chi connectivity index (χ0n) is 10.6. The summed E-state index contributed by atoms with van der Waals surface area (Å²) < 4.78 is 5.05. The molecule has 98 valence electrons. The van der Waals surface area contributed by atoms with Crippen molar-refractivity contribution >= 4 is 6.29 Å². The number of phenolic OH excluding ortho intramolecular Hbond substituents is 1. The zero-order chi connectivity index (χ0) is 13.7. The molecule has 0 fully saturated rings. The molecule has 1 aromatic carbocycles. The van der Waals surface area contributed by atoms with Crippen LogP contribution in [0.2, 0.25) is 0 Å². The third kappa shape index (κ3) is 2.91. The number of methoxy groups -OCH3 is 1. The summed E-state index contributed by atoms with van der Waals surface area (Å²) in [4.78, 5) is 15.1. The topological polar surface area (TPSA) is 59.4 Å². The molecule has 1 atom stereocenters. The van der Waals surface area contributed by atoms with Gasteiger partial charge in [0.1, 0.15) is 17.8 Å². The Labute approximate surface area is 111 Å². The number of carbonyl (C=O) groups excluding carboxylic acids is 1. The Morgan fingerprint density at radius 2 is 2.21 bits per heavy atom. The van der Waals surface area contributed by atoms with Crippen molar-refractivity contribution < 1.29 is 14.6 Å². The summed E-state index contributed by atoms with van der Waals surface area (Å²) in [7, 11) is 1.54. The van der Waals surface area contributed by atoms with Gasteiger partial charge >= 0.3 is 0 Å². The minimum Gasteiger partial charge on any atom is -0.508 e. The van der Waals surface area contributed by atoms with Crippen LogP contribution in [0.3, 0.4) is 0 Å². The van der Waals surface area contributed by atoms with Gasteiger partial charge in [0.15, 0.2) is 0 Å². The quantitative estimate of drug-likeness (QED) is 0.836. The third-order valence-corrected chi connectivity index (χ3v) is 2.99. The number of aldehydes is 1. The molecule has 1 heterocycles. The molecule has 1 N–H and O–H groups in total. The third-order valence-electron chi connectivity index (χ3n) is 2.99. The van der Waals surface area contributed by atoms with Crippen molar-refractivity contribution in [1.29, 1.82) is 0 Å². The predicted octanol–water partition coefficient (Wildman–Crippen LogP) is 2.52. The number of aromatic hydroxyl groups is 1. The average Bonchev–Trinajstić information content (AvgIpc) is 2.46. The number of rotatable bonds is 5. The smallest absolute Gasteiger partial charge is 0.123 e. The first kappa shape index (κ1) is 13.1. The molecular weight excluding hydrogens is 242 g/mol. The van der Waals surface area contributed by atoms with Gasteiger partial charge in [-0.2, -0.15) is 0 Å². The molecule has 0 saturated carbocycles. The van der Waals surface area contributed by atoms with Crippen LogP contribution in [0.1, 0.15) is 23.6 Å². The van der Waals surface area contributed by atoms with E-state index < -0.39 is 0 Å². The summed E-state index contributed by atoms with van der Waals surface area (Å²) in [6, 6.07) is 10.6. The lowest BCUT2D eigenvalue weighted by atomic mass is 9.91. The summed E-state index contributed by atoms with van der Waals surface area (Å²) in [6.45, 7) is 0. The lowest BCUT2D eigenvalue weighted by molar-refractivity contribution is -0.108. The average molecular weight is 257 g/mol. The maximum Gasteiger partial charge on any atom is 0.123 e. The highest BCUT2D eigenvalue weighted by atomic mass is 16.5. The number of benzene rings is 1. The molecule has 0 aliphatic heterocycles. The van der Waals surface area contributed by atoms with Gasteiger partial charge in [0.2, 0.25) is 0 Å². The summed E-state index contributed by atoms with van der Waals surface area (Å²) in [5, 5.41) is 10.1. The molecule has 0 aliphatic rings. The monoisotopic (exact) mass is 257 g/mol. The van der Waals surface area contributed by atoms with Gasteiger partial charge < -0.3 is 14.6 Å². The van der Waals surface area contributed by atoms with Crippen molar-refractivity contribution in [3.05, 3.63) is 53.9 Å². The molecule has 19 heavy (non-hydrogen) atoms. The Kier molecular flexibility index (Phi) is 4.13. The number of pyridine rings is 1. The first-order valence-corrected chi connectivity index (χ1v) is 5.97. The Morgan fingerprint density at radius 3 is 2.79 bits per heavy atom. The first-order chi connectivity index (χ1) is 9.26. The van der Waals surface area contributed by atoms with Crippen LogP contribution in [0.4, 0.5) is 0 Å². The number of hydrogen-bond donors (Lipinski definition) is 1. The number of aromatic nitrogens is 1.